The zero-order valence-corrected chi connectivity index (χ0v) is 26.2. The number of benzene rings is 1. The van der Waals surface area contributed by atoms with E-state index < -0.39 is 46.2 Å². The molecule has 3 heterocycles. The fourth-order valence-electron chi connectivity index (χ4n) is 5.89. The topological polar surface area (TPSA) is 119 Å². The molecule has 0 unspecified atom stereocenters. The lowest BCUT2D eigenvalue weighted by molar-refractivity contribution is -0.138. The van der Waals surface area contributed by atoms with Crippen LogP contribution in [0.3, 0.4) is 0 Å². The van der Waals surface area contributed by atoms with Crippen molar-refractivity contribution in [2.24, 2.45) is 5.92 Å². The van der Waals surface area contributed by atoms with E-state index in [1.165, 1.54) is 23.1 Å². The molecule has 244 valence electrons. The zero-order valence-electron chi connectivity index (χ0n) is 25.4. The Morgan fingerprint density at radius 2 is 1.83 bits per heavy atom. The highest BCUT2D eigenvalue weighted by Crippen LogP contribution is 2.48. The summed E-state index contributed by atoms with van der Waals surface area (Å²) < 4.78 is 61.7. The third kappa shape index (κ3) is 6.22. The zero-order chi connectivity index (χ0) is 33.6. The number of likely N-dealkylation sites (tertiary alicyclic amines) is 1. The Bertz CT molecular complexity index is 1620. The second-order valence-corrected chi connectivity index (χ2v) is 13.0. The molecule has 2 saturated heterocycles. The summed E-state index contributed by atoms with van der Waals surface area (Å²) in [6, 6.07) is 5.86. The first-order chi connectivity index (χ1) is 21.6. The van der Waals surface area contributed by atoms with Crippen molar-refractivity contribution >= 4 is 46.6 Å². The molecule has 2 aliphatic heterocycles. The lowest BCUT2D eigenvalue weighted by Crippen LogP contribution is -2.55. The van der Waals surface area contributed by atoms with E-state index >= 15 is 4.39 Å². The Morgan fingerprint density at radius 1 is 1.15 bits per heavy atom. The van der Waals surface area contributed by atoms with E-state index in [0.717, 1.165) is 17.2 Å². The van der Waals surface area contributed by atoms with Gasteiger partial charge in [0.15, 0.2) is 10.8 Å². The van der Waals surface area contributed by atoms with Crippen molar-refractivity contribution in [1.82, 2.24) is 15.2 Å². The fourth-order valence-corrected chi connectivity index (χ4v) is 6.36. The summed E-state index contributed by atoms with van der Waals surface area (Å²) in [6.07, 6.45) is -1.74. The van der Waals surface area contributed by atoms with Gasteiger partial charge in [-0.05, 0) is 95.3 Å². The number of halogens is 4. The highest BCUT2D eigenvalue weighted by molar-refractivity contribution is 7.81. The number of hydrogen-bond donors (Lipinski definition) is 1. The van der Waals surface area contributed by atoms with Crippen molar-refractivity contribution in [3.05, 3.63) is 53.1 Å². The molecule has 3 aliphatic rings. The van der Waals surface area contributed by atoms with Crippen LogP contribution in [-0.2, 0) is 15.7 Å². The highest BCUT2D eigenvalue weighted by Gasteiger charge is 2.60. The number of nitriles is 1. The fraction of sp³-hybridized carbons (Fsp3) is 0.484. The van der Waals surface area contributed by atoms with Gasteiger partial charge in [-0.25, -0.2) is 14.2 Å². The Morgan fingerprint density at radius 3 is 2.37 bits per heavy atom. The lowest BCUT2D eigenvalue weighted by Gasteiger charge is -2.43. The smallest absolute Gasteiger partial charge is 0.419 e. The minimum atomic E-state index is -4.90. The number of piperidine rings is 1. The number of amides is 3. The van der Waals surface area contributed by atoms with Gasteiger partial charge < -0.3 is 19.9 Å². The van der Waals surface area contributed by atoms with Gasteiger partial charge in [0.2, 0.25) is 0 Å². The van der Waals surface area contributed by atoms with Gasteiger partial charge in [-0.3, -0.25) is 14.5 Å². The molecule has 1 saturated carbocycles. The van der Waals surface area contributed by atoms with Crippen LogP contribution in [0.5, 0.6) is 0 Å². The SMILES string of the molecule is CC(C)(C)OC(=O)N1CCC(CNC(=O)c2ccc(N3C(=S)N(c4cnc(C#N)c(C(F)(F)F)c4)C(=O)C34CCC4)cc2F)CC1. The number of carbonyl (C=O) groups excluding carboxylic acids is 3. The predicted octanol–water partition coefficient (Wildman–Crippen LogP) is 5.55. The summed E-state index contributed by atoms with van der Waals surface area (Å²) >= 11 is 5.56. The maximum Gasteiger partial charge on any atom is 0.419 e. The van der Waals surface area contributed by atoms with Crippen LogP contribution in [0, 0.1) is 23.1 Å². The van der Waals surface area contributed by atoms with Crippen LogP contribution in [0.1, 0.15) is 74.5 Å². The maximum atomic E-state index is 15.4. The van der Waals surface area contributed by atoms with Gasteiger partial charge in [0.25, 0.3) is 11.8 Å². The van der Waals surface area contributed by atoms with Gasteiger partial charge in [-0.1, -0.05) is 0 Å². The highest BCUT2D eigenvalue weighted by atomic mass is 32.1. The van der Waals surface area contributed by atoms with E-state index in [-0.39, 0.29) is 40.6 Å². The molecule has 2 aromatic rings. The molecule has 1 spiro atoms. The number of ether oxygens (including phenoxy) is 1. The third-order valence-electron chi connectivity index (χ3n) is 8.41. The third-order valence-corrected chi connectivity index (χ3v) is 8.77. The van der Waals surface area contributed by atoms with Crippen LogP contribution in [0.15, 0.2) is 30.5 Å². The van der Waals surface area contributed by atoms with E-state index in [0.29, 0.717) is 51.3 Å². The molecule has 3 fully saturated rings. The standard InChI is InChI=1S/C31H32F4N6O4S/c1-29(2,3)45-28(44)39-11-7-18(8-12-39)16-38-25(42)21-6-5-19(14-23(21)32)41-27(46)40(26(43)30(41)9-4-10-30)20-13-22(31(33,34)35)24(15-36)37-17-20/h5-6,13-14,17-18H,4,7-12,16H2,1-3H3,(H,38,42). The summed E-state index contributed by atoms with van der Waals surface area (Å²) in [5.41, 5.74) is -4.29. The number of aromatic nitrogens is 1. The number of thiocarbonyl (C=S) groups is 1. The van der Waals surface area contributed by atoms with Crippen molar-refractivity contribution < 1.29 is 36.7 Å². The summed E-state index contributed by atoms with van der Waals surface area (Å²) in [7, 11) is 0. The maximum absolute atomic E-state index is 15.4. The molecule has 10 nitrogen and oxygen atoms in total. The number of rotatable bonds is 5. The molecule has 0 atom stereocenters. The summed E-state index contributed by atoms with van der Waals surface area (Å²) in [6.45, 7) is 6.61. The van der Waals surface area contributed by atoms with Crippen LogP contribution >= 0.6 is 12.2 Å². The Kier molecular flexibility index (Phi) is 8.71. The molecule has 0 radical (unpaired) electrons. The Hall–Kier alpha value is -4.32. The molecule has 0 bridgehead atoms. The second kappa shape index (κ2) is 12.1. The van der Waals surface area contributed by atoms with Crippen LogP contribution in [0.4, 0.5) is 33.7 Å². The van der Waals surface area contributed by atoms with Crippen molar-refractivity contribution in [2.75, 3.05) is 29.4 Å². The van der Waals surface area contributed by atoms with Crippen molar-refractivity contribution in [2.45, 2.75) is 70.2 Å². The van der Waals surface area contributed by atoms with Crippen LogP contribution in [0.2, 0.25) is 0 Å². The number of nitrogens with one attached hydrogen (secondary N) is 1. The average Bonchev–Trinajstić information content (AvgIpc) is 3.20. The Balaban J connectivity index is 1.29. The predicted molar refractivity (Wildman–Crippen MR) is 162 cm³/mol. The minimum absolute atomic E-state index is 0.0805. The van der Waals surface area contributed by atoms with E-state index in [9.17, 15) is 27.6 Å². The molecule has 1 aromatic carbocycles. The molecule has 1 aromatic heterocycles. The van der Waals surface area contributed by atoms with E-state index in [1.807, 2.05) is 0 Å². The number of alkyl halides is 3. The molecular weight excluding hydrogens is 628 g/mol. The molecule has 46 heavy (non-hydrogen) atoms. The van der Waals surface area contributed by atoms with Gasteiger partial charge in [0.05, 0.1) is 23.0 Å². The number of hydrogen-bond acceptors (Lipinski definition) is 7. The van der Waals surface area contributed by atoms with Crippen LogP contribution in [-0.4, -0.2) is 63.7 Å². The van der Waals surface area contributed by atoms with Gasteiger partial charge in [0.1, 0.15) is 23.0 Å². The largest absolute Gasteiger partial charge is 0.444 e. The first kappa shape index (κ1) is 33.1. The first-order valence-electron chi connectivity index (χ1n) is 14.8. The minimum Gasteiger partial charge on any atom is -0.444 e. The molecule has 15 heteroatoms. The number of nitrogens with zero attached hydrogens (tertiary/aromatic N) is 5. The quantitative estimate of drug-likeness (QED) is 0.328. The average molecular weight is 661 g/mol. The normalized spacial score (nSPS) is 18.4. The van der Waals surface area contributed by atoms with E-state index in [2.05, 4.69) is 10.3 Å². The van der Waals surface area contributed by atoms with Crippen molar-refractivity contribution in [3.63, 3.8) is 0 Å². The van der Waals surface area contributed by atoms with E-state index in [1.54, 1.807) is 25.7 Å². The summed E-state index contributed by atoms with van der Waals surface area (Å²) in [5, 5.41) is 11.7. The van der Waals surface area contributed by atoms with Crippen molar-refractivity contribution in [3.8, 4) is 6.07 Å². The van der Waals surface area contributed by atoms with Crippen LogP contribution < -0.4 is 15.1 Å². The molecule has 1 N–H and O–H groups in total. The molecular formula is C31H32F4N6O4S. The molecule has 1 aliphatic carbocycles. The van der Waals surface area contributed by atoms with Gasteiger partial charge in [-0.15, -0.1) is 0 Å². The second-order valence-electron chi connectivity index (χ2n) is 12.6. The summed E-state index contributed by atoms with van der Waals surface area (Å²) in [5.74, 6) is -2.00. The number of anilines is 2. The first-order valence-corrected chi connectivity index (χ1v) is 15.2. The lowest BCUT2D eigenvalue weighted by atomic mass is 9.75. The van der Waals surface area contributed by atoms with Crippen LogP contribution in [0.25, 0.3) is 0 Å². The van der Waals surface area contributed by atoms with Gasteiger partial charge >= 0.3 is 12.3 Å². The molecule has 3 amide bonds. The summed E-state index contributed by atoms with van der Waals surface area (Å²) in [4.78, 5) is 46.5. The van der Waals surface area contributed by atoms with Gasteiger partial charge in [-0.2, -0.15) is 18.4 Å². The van der Waals surface area contributed by atoms with Gasteiger partial charge in [0, 0.05) is 25.3 Å². The number of carbonyl (C=O) groups is 3. The monoisotopic (exact) mass is 660 g/mol. The Labute approximate surface area is 268 Å². The molecule has 5 rings (SSSR count). The van der Waals surface area contributed by atoms with E-state index in [4.69, 9.17) is 22.2 Å². The van der Waals surface area contributed by atoms with Crippen molar-refractivity contribution in [1.29, 1.82) is 5.26 Å². The number of pyridine rings is 1.